The van der Waals surface area contributed by atoms with Crippen molar-refractivity contribution < 1.29 is 27.5 Å². The first kappa shape index (κ1) is 23.0. The van der Waals surface area contributed by atoms with Gasteiger partial charge in [-0.05, 0) is 32.4 Å². The van der Waals surface area contributed by atoms with E-state index < -0.39 is 22.0 Å². The molecule has 29 heavy (non-hydrogen) atoms. The van der Waals surface area contributed by atoms with Gasteiger partial charge in [0.1, 0.15) is 6.04 Å². The summed E-state index contributed by atoms with van der Waals surface area (Å²) in [5.41, 5.74) is 0. The molecule has 162 valence electrons. The summed E-state index contributed by atoms with van der Waals surface area (Å²) >= 11 is 0. The minimum atomic E-state index is -3.81. The Bertz CT molecular complexity index is 827. The number of benzene rings is 1. The molecule has 2 atom stereocenters. The molecule has 0 aromatic heterocycles. The second-order valence-corrected chi connectivity index (χ2v) is 8.68. The van der Waals surface area contributed by atoms with Crippen LogP contribution in [0.4, 0.5) is 0 Å². The zero-order chi connectivity index (χ0) is 21.4. The van der Waals surface area contributed by atoms with Gasteiger partial charge in [-0.3, -0.25) is 9.59 Å². The summed E-state index contributed by atoms with van der Waals surface area (Å²) in [7, 11) is -3.81. The van der Waals surface area contributed by atoms with Crippen molar-refractivity contribution in [2.45, 2.75) is 57.0 Å². The molecule has 0 aliphatic carbocycles. The predicted octanol–water partition coefficient (Wildman–Crippen LogP) is 0.936. The van der Waals surface area contributed by atoms with Gasteiger partial charge < -0.3 is 20.1 Å². The minimum absolute atomic E-state index is 0.0176. The zero-order valence-electron chi connectivity index (χ0n) is 17.0. The highest BCUT2D eigenvalue weighted by atomic mass is 32.2. The van der Waals surface area contributed by atoms with E-state index in [0.717, 1.165) is 12.8 Å². The molecule has 1 heterocycles. The first-order chi connectivity index (χ1) is 13.7. The maximum Gasteiger partial charge on any atom is 0.242 e. The van der Waals surface area contributed by atoms with E-state index in [1.165, 1.54) is 12.1 Å². The molecular weight excluding hydrogens is 398 g/mol. The fourth-order valence-corrected chi connectivity index (χ4v) is 3.59. The van der Waals surface area contributed by atoms with Gasteiger partial charge in [0, 0.05) is 31.5 Å². The van der Waals surface area contributed by atoms with Gasteiger partial charge in [-0.15, -0.1) is 0 Å². The van der Waals surface area contributed by atoms with Crippen LogP contribution >= 0.6 is 0 Å². The normalized spacial score (nSPS) is 15.7. The summed E-state index contributed by atoms with van der Waals surface area (Å²) in [5, 5.41) is 5.34. The first-order valence-corrected chi connectivity index (χ1v) is 11.2. The summed E-state index contributed by atoms with van der Waals surface area (Å²) in [6, 6.07) is 3.71. The maximum absolute atomic E-state index is 12.5. The van der Waals surface area contributed by atoms with Crippen LogP contribution in [-0.2, 0) is 19.6 Å². The number of rotatable bonds is 9. The number of fused-ring (bicyclic) bond motifs is 1. The van der Waals surface area contributed by atoms with Crippen molar-refractivity contribution in [2.24, 2.45) is 0 Å². The van der Waals surface area contributed by atoms with Crippen molar-refractivity contribution in [3.05, 3.63) is 18.2 Å². The Morgan fingerprint density at radius 2 is 1.79 bits per heavy atom. The largest absolute Gasteiger partial charge is 0.490 e. The Kier molecular flexibility index (Phi) is 8.27. The molecule has 0 saturated carbocycles. The lowest BCUT2D eigenvalue weighted by Gasteiger charge is -2.17. The molecule has 0 bridgehead atoms. The molecule has 2 unspecified atom stereocenters. The zero-order valence-corrected chi connectivity index (χ0v) is 17.8. The number of nitrogens with one attached hydrogen (secondary N) is 3. The summed E-state index contributed by atoms with van der Waals surface area (Å²) < 4.78 is 38.3. The number of hydrogen-bond donors (Lipinski definition) is 3. The van der Waals surface area contributed by atoms with Crippen LogP contribution in [0.1, 0.15) is 40.0 Å². The van der Waals surface area contributed by atoms with Gasteiger partial charge in [-0.2, -0.15) is 0 Å². The summed E-state index contributed by atoms with van der Waals surface area (Å²) in [6.45, 7) is 6.28. The van der Waals surface area contributed by atoms with Gasteiger partial charge in [-0.1, -0.05) is 6.92 Å². The second kappa shape index (κ2) is 10.4. The predicted molar refractivity (Wildman–Crippen MR) is 107 cm³/mol. The van der Waals surface area contributed by atoms with Gasteiger partial charge >= 0.3 is 0 Å². The Balaban J connectivity index is 1.85. The molecule has 0 radical (unpaired) electrons. The molecule has 2 rings (SSSR count). The van der Waals surface area contributed by atoms with E-state index in [4.69, 9.17) is 9.47 Å². The van der Waals surface area contributed by atoms with Gasteiger partial charge in [0.05, 0.1) is 18.1 Å². The van der Waals surface area contributed by atoms with Crippen LogP contribution in [-0.4, -0.2) is 52.1 Å². The van der Waals surface area contributed by atoms with E-state index in [9.17, 15) is 18.0 Å². The Morgan fingerprint density at radius 1 is 1.10 bits per heavy atom. The van der Waals surface area contributed by atoms with Crippen LogP contribution in [0.3, 0.4) is 0 Å². The van der Waals surface area contributed by atoms with Crippen LogP contribution in [0.25, 0.3) is 0 Å². The molecule has 3 N–H and O–H groups in total. The maximum atomic E-state index is 12.5. The number of hydrogen-bond acceptors (Lipinski definition) is 6. The molecule has 1 aromatic carbocycles. The summed E-state index contributed by atoms with van der Waals surface area (Å²) in [5.74, 6) is 0.188. The molecule has 0 fully saturated rings. The van der Waals surface area contributed by atoms with Crippen molar-refractivity contribution in [2.75, 3.05) is 19.8 Å². The molecule has 1 aliphatic heterocycles. The number of ether oxygens (including phenoxy) is 2. The van der Waals surface area contributed by atoms with E-state index in [0.29, 0.717) is 24.7 Å². The summed E-state index contributed by atoms with van der Waals surface area (Å²) in [4.78, 5) is 24.0. The highest BCUT2D eigenvalue weighted by Gasteiger charge is 2.20. The average molecular weight is 428 g/mol. The first-order valence-electron chi connectivity index (χ1n) is 9.72. The monoisotopic (exact) mass is 427 g/mol. The van der Waals surface area contributed by atoms with Gasteiger partial charge in [0.15, 0.2) is 11.5 Å². The SMILES string of the molecule is CCC(C)NC(=O)C(C)NC(=O)CCNS(=O)(=O)c1ccc2c(c1)OCCCO2. The topological polar surface area (TPSA) is 123 Å². The molecule has 9 nitrogen and oxygen atoms in total. The Hall–Kier alpha value is -2.33. The van der Waals surface area contributed by atoms with Crippen LogP contribution in [0, 0.1) is 0 Å². The summed E-state index contributed by atoms with van der Waals surface area (Å²) in [6.07, 6.45) is 1.41. The third-order valence-corrected chi connectivity index (χ3v) is 5.90. The van der Waals surface area contributed by atoms with Crippen molar-refractivity contribution in [3.63, 3.8) is 0 Å². The van der Waals surface area contributed by atoms with Gasteiger partial charge in [-0.25, -0.2) is 13.1 Å². The van der Waals surface area contributed by atoms with Crippen LogP contribution < -0.4 is 24.8 Å². The van der Waals surface area contributed by atoms with Gasteiger partial charge in [0.2, 0.25) is 21.8 Å². The van der Waals surface area contributed by atoms with Crippen LogP contribution in [0.5, 0.6) is 11.5 Å². The number of amides is 2. The molecular formula is C19H29N3O6S. The smallest absolute Gasteiger partial charge is 0.242 e. The third kappa shape index (κ3) is 6.90. The highest BCUT2D eigenvalue weighted by Crippen LogP contribution is 2.31. The van der Waals surface area contributed by atoms with E-state index in [1.54, 1.807) is 13.0 Å². The number of carbonyl (C=O) groups excluding carboxylic acids is 2. The lowest BCUT2D eigenvalue weighted by Crippen LogP contribution is -2.47. The Labute approximate surface area is 171 Å². The molecule has 0 saturated heterocycles. The van der Waals surface area contributed by atoms with E-state index in [-0.39, 0.29) is 29.8 Å². The van der Waals surface area contributed by atoms with Gasteiger partial charge in [0.25, 0.3) is 0 Å². The fraction of sp³-hybridized carbons (Fsp3) is 0.579. The lowest BCUT2D eigenvalue weighted by molar-refractivity contribution is -0.128. The van der Waals surface area contributed by atoms with E-state index in [1.807, 2.05) is 13.8 Å². The standard InChI is InChI=1S/C19H29N3O6S/c1-4-13(2)21-19(24)14(3)22-18(23)8-9-20-29(25,26)15-6-7-16-17(12-15)28-11-5-10-27-16/h6-7,12-14,20H,4-5,8-11H2,1-3H3,(H,21,24)(H,22,23). The van der Waals surface area contributed by atoms with Crippen molar-refractivity contribution >= 4 is 21.8 Å². The highest BCUT2D eigenvalue weighted by molar-refractivity contribution is 7.89. The van der Waals surface area contributed by atoms with Crippen LogP contribution in [0.2, 0.25) is 0 Å². The quantitative estimate of drug-likeness (QED) is 0.539. The van der Waals surface area contributed by atoms with Crippen molar-refractivity contribution in [1.29, 1.82) is 0 Å². The average Bonchev–Trinajstić information content (AvgIpc) is 2.92. The molecule has 1 aliphatic rings. The van der Waals surface area contributed by atoms with Crippen molar-refractivity contribution in [3.8, 4) is 11.5 Å². The number of sulfonamides is 1. The van der Waals surface area contributed by atoms with E-state index >= 15 is 0 Å². The Morgan fingerprint density at radius 3 is 2.48 bits per heavy atom. The third-order valence-electron chi connectivity index (χ3n) is 4.45. The van der Waals surface area contributed by atoms with Crippen molar-refractivity contribution in [1.82, 2.24) is 15.4 Å². The van der Waals surface area contributed by atoms with Crippen LogP contribution in [0.15, 0.2) is 23.1 Å². The lowest BCUT2D eigenvalue weighted by atomic mass is 10.2. The minimum Gasteiger partial charge on any atom is -0.490 e. The fourth-order valence-electron chi connectivity index (χ4n) is 2.54. The molecule has 2 amide bonds. The molecule has 10 heteroatoms. The molecule has 1 aromatic rings. The molecule has 0 spiro atoms. The second-order valence-electron chi connectivity index (χ2n) is 6.91. The van der Waals surface area contributed by atoms with E-state index in [2.05, 4.69) is 15.4 Å². The number of carbonyl (C=O) groups is 2.